The van der Waals surface area contributed by atoms with E-state index in [-0.39, 0.29) is 16.6 Å². The van der Waals surface area contributed by atoms with E-state index >= 15 is 0 Å². The molecule has 2 N–H and O–H groups in total. The molecule has 4 nitrogen and oxygen atoms in total. The molecular weight excluding hydrogens is 393 g/mol. The van der Waals surface area contributed by atoms with Crippen molar-refractivity contribution < 1.29 is 4.79 Å². The Kier molecular flexibility index (Phi) is 5.33. The highest BCUT2D eigenvalue weighted by molar-refractivity contribution is 6.44. The second kappa shape index (κ2) is 7.61. The van der Waals surface area contributed by atoms with Crippen molar-refractivity contribution in [3.8, 4) is 6.07 Å². The Balaban J connectivity index is 1.44. The first-order valence-corrected chi connectivity index (χ1v) is 10.8. The molecule has 0 saturated heterocycles. The second-order valence-corrected chi connectivity index (χ2v) is 9.68. The van der Waals surface area contributed by atoms with Crippen LogP contribution in [0.15, 0.2) is 30.0 Å². The Morgan fingerprint density at radius 1 is 1.21 bits per heavy atom. The van der Waals surface area contributed by atoms with Gasteiger partial charge in [0.1, 0.15) is 11.6 Å². The Labute approximate surface area is 176 Å². The SMILES string of the molecule is CC(N/C=C(/C#N)C(=O)Nc1cccc(Cl)c1Cl)C12CC3CC(CC(C3)C1)C2. The van der Waals surface area contributed by atoms with Crippen molar-refractivity contribution in [1.29, 1.82) is 5.26 Å². The summed E-state index contributed by atoms with van der Waals surface area (Å²) in [5, 5.41) is 16.1. The predicted octanol–water partition coefficient (Wildman–Crippen LogP) is 5.53. The summed E-state index contributed by atoms with van der Waals surface area (Å²) in [7, 11) is 0. The summed E-state index contributed by atoms with van der Waals surface area (Å²) in [6, 6.07) is 7.25. The molecule has 148 valence electrons. The van der Waals surface area contributed by atoms with E-state index in [0.717, 1.165) is 17.8 Å². The number of hydrogen-bond donors (Lipinski definition) is 2. The topological polar surface area (TPSA) is 64.9 Å². The highest BCUT2D eigenvalue weighted by atomic mass is 35.5. The molecule has 0 aliphatic heterocycles. The van der Waals surface area contributed by atoms with Crippen molar-refractivity contribution in [2.24, 2.45) is 23.2 Å². The highest BCUT2D eigenvalue weighted by Gasteiger charge is 2.53. The number of benzene rings is 1. The van der Waals surface area contributed by atoms with Gasteiger partial charge in [-0.05, 0) is 80.8 Å². The lowest BCUT2D eigenvalue weighted by atomic mass is 9.48. The first-order chi connectivity index (χ1) is 13.4. The summed E-state index contributed by atoms with van der Waals surface area (Å²) in [5.41, 5.74) is 0.737. The van der Waals surface area contributed by atoms with Crippen molar-refractivity contribution in [2.45, 2.75) is 51.5 Å². The molecule has 0 radical (unpaired) electrons. The molecule has 4 bridgehead atoms. The van der Waals surface area contributed by atoms with Crippen LogP contribution in [-0.4, -0.2) is 11.9 Å². The van der Waals surface area contributed by atoms with Crippen LogP contribution in [-0.2, 0) is 4.79 Å². The number of rotatable bonds is 5. The summed E-state index contributed by atoms with van der Waals surface area (Å²) >= 11 is 12.1. The fourth-order valence-electron chi connectivity index (χ4n) is 6.03. The molecule has 0 aromatic heterocycles. The molecule has 4 fully saturated rings. The van der Waals surface area contributed by atoms with Gasteiger partial charge in [0, 0.05) is 12.2 Å². The Hall–Kier alpha value is -1.70. The molecule has 1 atom stereocenters. The molecule has 5 rings (SSSR count). The van der Waals surface area contributed by atoms with Gasteiger partial charge in [0.25, 0.3) is 5.91 Å². The molecule has 6 heteroatoms. The number of carbonyl (C=O) groups is 1. The van der Waals surface area contributed by atoms with E-state index in [1.807, 2.05) is 6.07 Å². The van der Waals surface area contributed by atoms with Crippen LogP contribution >= 0.6 is 23.2 Å². The quantitative estimate of drug-likeness (QED) is 0.488. The Morgan fingerprint density at radius 2 is 1.82 bits per heavy atom. The number of amides is 1. The van der Waals surface area contributed by atoms with Gasteiger partial charge in [-0.1, -0.05) is 29.3 Å². The Bertz CT molecular complexity index is 823. The number of hydrogen-bond acceptors (Lipinski definition) is 3. The minimum Gasteiger partial charge on any atom is -0.387 e. The first-order valence-electron chi connectivity index (χ1n) is 10.0. The number of nitrogens with one attached hydrogen (secondary N) is 2. The third kappa shape index (κ3) is 3.63. The zero-order chi connectivity index (χ0) is 19.9. The molecule has 28 heavy (non-hydrogen) atoms. The average Bonchev–Trinajstić information content (AvgIpc) is 2.64. The molecule has 4 aliphatic carbocycles. The van der Waals surface area contributed by atoms with Gasteiger partial charge in [-0.25, -0.2) is 0 Å². The third-order valence-electron chi connectivity index (χ3n) is 7.05. The zero-order valence-electron chi connectivity index (χ0n) is 16.0. The number of halogens is 2. The first kappa shape index (κ1) is 19.6. The standard InChI is InChI=1S/C22H25Cl2N3O/c1-13(22-8-14-5-15(9-22)7-16(6-14)10-22)26-12-17(11-25)21(28)27-19-4-2-3-18(23)20(19)24/h2-4,12-16,26H,5-10H2,1H3,(H,27,28)/b17-12-. The molecule has 1 aromatic carbocycles. The van der Waals surface area contributed by atoms with Crippen LogP contribution in [0.25, 0.3) is 0 Å². The van der Waals surface area contributed by atoms with Crippen LogP contribution in [0, 0.1) is 34.5 Å². The van der Waals surface area contributed by atoms with E-state index in [1.54, 1.807) is 24.4 Å². The van der Waals surface area contributed by atoms with E-state index in [9.17, 15) is 10.1 Å². The fraction of sp³-hybridized carbons (Fsp3) is 0.545. The smallest absolute Gasteiger partial charge is 0.267 e. The van der Waals surface area contributed by atoms with Crippen molar-refractivity contribution in [3.63, 3.8) is 0 Å². The predicted molar refractivity (Wildman–Crippen MR) is 112 cm³/mol. The molecule has 4 saturated carbocycles. The number of nitrogens with zero attached hydrogens (tertiary/aromatic N) is 1. The summed E-state index contributed by atoms with van der Waals surface area (Å²) in [5.74, 6) is 2.10. The molecule has 1 amide bonds. The van der Waals surface area contributed by atoms with Gasteiger partial charge in [0.15, 0.2) is 0 Å². The molecule has 1 aromatic rings. The van der Waals surface area contributed by atoms with Gasteiger partial charge in [0.2, 0.25) is 0 Å². The maximum atomic E-state index is 12.5. The lowest BCUT2D eigenvalue weighted by molar-refractivity contribution is -0.112. The van der Waals surface area contributed by atoms with Gasteiger partial charge >= 0.3 is 0 Å². The van der Waals surface area contributed by atoms with Crippen LogP contribution in [0.5, 0.6) is 0 Å². The van der Waals surface area contributed by atoms with Crippen molar-refractivity contribution in [3.05, 3.63) is 40.0 Å². The highest BCUT2D eigenvalue weighted by Crippen LogP contribution is 2.61. The molecular formula is C22H25Cl2N3O. The number of nitriles is 1. The van der Waals surface area contributed by atoms with Crippen molar-refractivity contribution in [1.82, 2.24) is 5.32 Å². The van der Waals surface area contributed by atoms with E-state index in [4.69, 9.17) is 23.2 Å². The summed E-state index contributed by atoms with van der Waals surface area (Å²) in [4.78, 5) is 12.5. The summed E-state index contributed by atoms with van der Waals surface area (Å²) < 4.78 is 0. The lowest BCUT2D eigenvalue weighted by Gasteiger charge is -2.59. The average molecular weight is 418 g/mol. The van der Waals surface area contributed by atoms with Gasteiger partial charge in [-0.2, -0.15) is 5.26 Å². The zero-order valence-corrected chi connectivity index (χ0v) is 17.5. The number of carbonyl (C=O) groups excluding carboxylic acids is 1. The van der Waals surface area contributed by atoms with Gasteiger partial charge < -0.3 is 10.6 Å². The monoisotopic (exact) mass is 417 g/mol. The van der Waals surface area contributed by atoms with Crippen LogP contribution in [0.2, 0.25) is 10.0 Å². The molecule has 0 heterocycles. The largest absolute Gasteiger partial charge is 0.387 e. The van der Waals surface area contributed by atoms with Gasteiger partial charge in [0.05, 0.1) is 15.7 Å². The lowest BCUT2D eigenvalue weighted by Crippen LogP contribution is -2.54. The maximum absolute atomic E-state index is 12.5. The fourth-order valence-corrected chi connectivity index (χ4v) is 6.38. The van der Waals surface area contributed by atoms with Crippen molar-refractivity contribution >= 4 is 34.8 Å². The van der Waals surface area contributed by atoms with Gasteiger partial charge in [-0.15, -0.1) is 0 Å². The van der Waals surface area contributed by atoms with Crippen LogP contribution in [0.3, 0.4) is 0 Å². The van der Waals surface area contributed by atoms with Gasteiger partial charge in [-0.3, -0.25) is 4.79 Å². The Morgan fingerprint density at radius 3 is 2.39 bits per heavy atom. The van der Waals surface area contributed by atoms with E-state index in [1.165, 1.54) is 38.5 Å². The molecule has 1 unspecified atom stereocenters. The minimum atomic E-state index is -0.489. The van der Waals surface area contributed by atoms with Crippen LogP contribution in [0.1, 0.15) is 45.4 Å². The van der Waals surface area contributed by atoms with E-state index < -0.39 is 5.91 Å². The normalized spacial score (nSPS) is 31.9. The number of anilines is 1. The third-order valence-corrected chi connectivity index (χ3v) is 7.87. The van der Waals surface area contributed by atoms with Crippen LogP contribution in [0.4, 0.5) is 5.69 Å². The van der Waals surface area contributed by atoms with Crippen LogP contribution < -0.4 is 10.6 Å². The maximum Gasteiger partial charge on any atom is 0.267 e. The summed E-state index contributed by atoms with van der Waals surface area (Å²) in [6.45, 7) is 2.20. The molecule has 4 aliphatic rings. The van der Waals surface area contributed by atoms with Crippen molar-refractivity contribution in [2.75, 3.05) is 5.32 Å². The molecule has 0 spiro atoms. The van der Waals surface area contributed by atoms with E-state index in [2.05, 4.69) is 17.6 Å². The second-order valence-electron chi connectivity index (χ2n) is 8.89. The summed E-state index contributed by atoms with van der Waals surface area (Å²) in [6.07, 6.45) is 9.57. The van der Waals surface area contributed by atoms with E-state index in [0.29, 0.717) is 16.1 Å². The minimum absolute atomic E-state index is 0.0348.